The van der Waals surface area contributed by atoms with Crippen LogP contribution in [0.25, 0.3) is 0 Å². The van der Waals surface area contributed by atoms with Gasteiger partial charge < -0.3 is 4.74 Å². The van der Waals surface area contributed by atoms with Gasteiger partial charge in [-0.3, -0.25) is 0 Å². The van der Waals surface area contributed by atoms with Crippen molar-refractivity contribution in [2.75, 3.05) is 6.61 Å². The van der Waals surface area contributed by atoms with Crippen LogP contribution in [0.15, 0.2) is 23.1 Å². The molecule has 0 spiro atoms. The van der Waals surface area contributed by atoms with Gasteiger partial charge in [0.1, 0.15) is 4.90 Å². The van der Waals surface area contributed by atoms with Crippen molar-refractivity contribution < 1.29 is 13.2 Å². The second-order valence-corrected chi connectivity index (χ2v) is 6.81. The number of hydrogen-bond acceptors (Lipinski definition) is 4. The minimum Gasteiger partial charge on any atom is -0.377 e. The SMILES string of the molecule is CC(NS(=O)(=O)c1ccc(C#N)cc1Cl)C1CCCO1. The third-order valence-corrected chi connectivity index (χ3v) is 5.26. The first kappa shape index (κ1) is 15.3. The third kappa shape index (κ3) is 3.30. The molecule has 1 N–H and O–H groups in total. The van der Waals surface area contributed by atoms with Crippen LogP contribution in [0.5, 0.6) is 0 Å². The number of halogens is 1. The molecule has 2 rings (SSSR count). The van der Waals surface area contributed by atoms with E-state index in [0.717, 1.165) is 12.8 Å². The van der Waals surface area contributed by atoms with Crippen LogP contribution < -0.4 is 4.72 Å². The first-order valence-electron chi connectivity index (χ1n) is 6.27. The first-order chi connectivity index (χ1) is 9.44. The van der Waals surface area contributed by atoms with E-state index >= 15 is 0 Å². The minimum absolute atomic E-state index is 0.0250. The zero-order valence-corrected chi connectivity index (χ0v) is 12.5. The lowest BCUT2D eigenvalue weighted by Crippen LogP contribution is -2.40. The molecule has 0 amide bonds. The molecule has 5 nitrogen and oxygen atoms in total. The van der Waals surface area contributed by atoms with E-state index in [1.165, 1.54) is 18.2 Å². The monoisotopic (exact) mass is 314 g/mol. The van der Waals surface area contributed by atoms with E-state index in [2.05, 4.69) is 4.72 Å². The molecule has 1 aliphatic rings. The van der Waals surface area contributed by atoms with Crippen molar-refractivity contribution in [2.45, 2.75) is 36.8 Å². The molecular formula is C13H15ClN2O3S. The van der Waals surface area contributed by atoms with E-state index in [-0.39, 0.29) is 22.1 Å². The number of rotatable bonds is 4. The fourth-order valence-electron chi connectivity index (χ4n) is 2.17. The van der Waals surface area contributed by atoms with Crippen molar-refractivity contribution in [3.8, 4) is 6.07 Å². The molecule has 1 aliphatic heterocycles. The average molecular weight is 315 g/mol. The summed E-state index contributed by atoms with van der Waals surface area (Å²) >= 11 is 5.93. The summed E-state index contributed by atoms with van der Waals surface area (Å²) in [5, 5.41) is 8.79. The molecule has 1 aromatic carbocycles. The molecule has 7 heteroatoms. The Balaban J connectivity index is 2.20. The minimum atomic E-state index is -3.72. The highest BCUT2D eigenvalue weighted by Crippen LogP contribution is 2.24. The topological polar surface area (TPSA) is 79.2 Å². The molecule has 20 heavy (non-hydrogen) atoms. The number of nitrogens with one attached hydrogen (secondary N) is 1. The van der Waals surface area contributed by atoms with Gasteiger partial charge in [-0.1, -0.05) is 11.6 Å². The van der Waals surface area contributed by atoms with Gasteiger partial charge in [0.05, 0.1) is 22.8 Å². The van der Waals surface area contributed by atoms with Crippen molar-refractivity contribution in [2.24, 2.45) is 0 Å². The van der Waals surface area contributed by atoms with Gasteiger partial charge in [-0.2, -0.15) is 5.26 Å². The zero-order chi connectivity index (χ0) is 14.8. The fraction of sp³-hybridized carbons (Fsp3) is 0.462. The first-order valence-corrected chi connectivity index (χ1v) is 8.14. The summed E-state index contributed by atoms with van der Waals surface area (Å²) < 4.78 is 32.6. The summed E-state index contributed by atoms with van der Waals surface area (Å²) in [5.41, 5.74) is 0.320. The van der Waals surface area contributed by atoms with E-state index in [1.807, 2.05) is 6.07 Å². The van der Waals surface area contributed by atoms with Gasteiger partial charge in [-0.05, 0) is 38.0 Å². The number of sulfonamides is 1. The Morgan fingerprint density at radius 2 is 2.30 bits per heavy atom. The maximum absolute atomic E-state index is 12.3. The zero-order valence-electron chi connectivity index (χ0n) is 11.0. The molecule has 2 atom stereocenters. The lowest BCUT2D eigenvalue weighted by Gasteiger charge is -2.20. The van der Waals surface area contributed by atoms with Crippen LogP contribution in [-0.4, -0.2) is 27.2 Å². The Bertz CT molecular complexity index is 634. The highest BCUT2D eigenvalue weighted by atomic mass is 35.5. The number of nitriles is 1. The van der Waals surface area contributed by atoms with Crippen LogP contribution in [0.1, 0.15) is 25.3 Å². The molecule has 1 aromatic rings. The molecule has 2 unspecified atom stereocenters. The van der Waals surface area contributed by atoms with Crippen LogP contribution in [-0.2, 0) is 14.8 Å². The Hall–Kier alpha value is -1.13. The van der Waals surface area contributed by atoms with Gasteiger partial charge in [-0.25, -0.2) is 13.1 Å². The van der Waals surface area contributed by atoms with Crippen LogP contribution >= 0.6 is 11.6 Å². The summed E-state index contributed by atoms with van der Waals surface area (Å²) in [5.74, 6) is 0. The molecule has 1 heterocycles. The van der Waals surface area contributed by atoms with Gasteiger partial charge in [0.2, 0.25) is 10.0 Å². The number of benzene rings is 1. The van der Waals surface area contributed by atoms with Crippen molar-refractivity contribution in [1.29, 1.82) is 5.26 Å². The average Bonchev–Trinajstić information content (AvgIpc) is 2.91. The maximum atomic E-state index is 12.3. The second-order valence-electron chi connectivity index (χ2n) is 4.72. The van der Waals surface area contributed by atoms with Crippen LogP contribution in [0.4, 0.5) is 0 Å². The summed E-state index contributed by atoms with van der Waals surface area (Å²) in [4.78, 5) is -0.0250. The summed E-state index contributed by atoms with van der Waals surface area (Å²) in [6.07, 6.45) is 1.67. The quantitative estimate of drug-likeness (QED) is 0.922. The predicted octanol–water partition coefficient (Wildman–Crippen LogP) is 2.06. The van der Waals surface area contributed by atoms with E-state index < -0.39 is 10.0 Å². The van der Waals surface area contributed by atoms with Crippen molar-refractivity contribution in [1.82, 2.24) is 4.72 Å². The predicted molar refractivity (Wildman–Crippen MR) is 74.9 cm³/mol. The maximum Gasteiger partial charge on any atom is 0.242 e. The molecule has 0 aromatic heterocycles. The Labute approximate surface area is 123 Å². The number of hydrogen-bond donors (Lipinski definition) is 1. The Morgan fingerprint density at radius 1 is 1.55 bits per heavy atom. The molecule has 0 radical (unpaired) electrons. The lowest BCUT2D eigenvalue weighted by atomic mass is 10.1. The van der Waals surface area contributed by atoms with Gasteiger partial charge in [-0.15, -0.1) is 0 Å². The third-order valence-electron chi connectivity index (χ3n) is 3.21. The molecular weight excluding hydrogens is 300 g/mol. The van der Waals surface area contributed by atoms with E-state index in [4.69, 9.17) is 21.6 Å². The standard InChI is InChI=1S/C13H15ClN2O3S/c1-9(12-3-2-6-19-12)16-20(17,18)13-5-4-10(8-15)7-11(13)14/h4-5,7,9,12,16H,2-3,6H2,1H3. The van der Waals surface area contributed by atoms with Crippen LogP contribution in [0.2, 0.25) is 5.02 Å². The summed E-state index contributed by atoms with van der Waals surface area (Å²) in [6, 6.07) is 5.69. The lowest BCUT2D eigenvalue weighted by molar-refractivity contribution is 0.0902. The fourth-order valence-corrected chi connectivity index (χ4v) is 3.99. The Kier molecular flexibility index (Phi) is 4.66. The highest BCUT2D eigenvalue weighted by molar-refractivity contribution is 7.89. The summed E-state index contributed by atoms with van der Waals surface area (Å²) in [6.45, 7) is 2.43. The molecule has 0 bridgehead atoms. The van der Waals surface area contributed by atoms with Crippen molar-refractivity contribution >= 4 is 21.6 Å². The smallest absolute Gasteiger partial charge is 0.242 e. The van der Waals surface area contributed by atoms with E-state index in [0.29, 0.717) is 12.2 Å². The molecule has 0 saturated carbocycles. The van der Waals surface area contributed by atoms with Crippen LogP contribution in [0.3, 0.4) is 0 Å². The molecule has 108 valence electrons. The van der Waals surface area contributed by atoms with Gasteiger partial charge in [0.25, 0.3) is 0 Å². The molecule has 0 aliphatic carbocycles. The van der Waals surface area contributed by atoms with E-state index in [1.54, 1.807) is 6.92 Å². The van der Waals surface area contributed by atoms with Gasteiger partial charge in [0, 0.05) is 12.6 Å². The molecule has 1 saturated heterocycles. The van der Waals surface area contributed by atoms with Crippen molar-refractivity contribution in [3.05, 3.63) is 28.8 Å². The highest BCUT2D eigenvalue weighted by Gasteiger charge is 2.28. The normalized spacial score (nSPS) is 20.6. The van der Waals surface area contributed by atoms with Gasteiger partial charge in [0.15, 0.2) is 0 Å². The largest absolute Gasteiger partial charge is 0.377 e. The Morgan fingerprint density at radius 3 is 2.85 bits per heavy atom. The van der Waals surface area contributed by atoms with Crippen LogP contribution in [0, 0.1) is 11.3 Å². The van der Waals surface area contributed by atoms with Gasteiger partial charge >= 0.3 is 0 Å². The second kappa shape index (κ2) is 6.10. The number of ether oxygens (including phenoxy) is 1. The van der Waals surface area contributed by atoms with Crippen molar-refractivity contribution in [3.63, 3.8) is 0 Å². The number of nitrogens with zero attached hydrogens (tertiary/aromatic N) is 1. The molecule has 1 fully saturated rings. The van der Waals surface area contributed by atoms with E-state index in [9.17, 15) is 8.42 Å². The summed E-state index contributed by atoms with van der Waals surface area (Å²) in [7, 11) is -3.72.